The highest BCUT2D eigenvalue weighted by molar-refractivity contribution is 5.81. The average Bonchev–Trinajstić information content (AvgIpc) is 2.92. The summed E-state index contributed by atoms with van der Waals surface area (Å²) in [6, 6.07) is 8.59. The van der Waals surface area contributed by atoms with E-state index in [1.54, 1.807) is 0 Å². The molecule has 2 aliphatic rings. The van der Waals surface area contributed by atoms with Crippen LogP contribution in [0.1, 0.15) is 5.56 Å². The molecule has 0 atom stereocenters. The molecule has 5 nitrogen and oxygen atoms in total. The molecule has 0 spiro atoms. The number of ether oxygens (including phenoxy) is 1. The Labute approximate surface area is 120 Å². The Balaban J connectivity index is 1.69. The van der Waals surface area contributed by atoms with Gasteiger partial charge in [-0.1, -0.05) is 18.2 Å². The van der Waals surface area contributed by atoms with Crippen molar-refractivity contribution in [1.82, 2.24) is 10.2 Å². The number of anilines is 1. The van der Waals surface area contributed by atoms with E-state index in [1.165, 1.54) is 11.3 Å². The second-order valence-electron chi connectivity index (χ2n) is 5.21. The van der Waals surface area contributed by atoms with Crippen molar-refractivity contribution in [3.8, 4) is 0 Å². The summed E-state index contributed by atoms with van der Waals surface area (Å²) in [6.45, 7) is 6.29. The molecule has 1 aromatic rings. The number of benzene rings is 1. The third-order valence-corrected chi connectivity index (χ3v) is 3.84. The molecule has 2 heterocycles. The quantitative estimate of drug-likeness (QED) is 0.889. The van der Waals surface area contributed by atoms with Crippen LogP contribution in [0.4, 0.5) is 5.69 Å². The first-order chi connectivity index (χ1) is 9.84. The largest absolute Gasteiger partial charge is 0.378 e. The van der Waals surface area contributed by atoms with Crippen LogP contribution in [0.25, 0.3) is 0 Å². The number of rotatable bonds is 3. The zero-order valence-corrected chi connectivity index (χ0v) is 12.0. The summed E-state index contributed by atoms with van der Waals surface area (Å²) in [5, 5.41) is 3.45. The van der Waals surface area contributed by atoms with Gasteiger partial charge in [0.1, 0.15) is 0 Å². The fourth-order valence-corrected chi connectivity index (χ4v) is 2.67. The maximum absolute atomic E-state index is 5.43. The standard InChI is InChI=1S/C15H22N4O/c1-18-7-6-16-15(18)17-12-13-4-2-3-5-14(13)19-8-10-20-11-9-19/h2-5H,6-12H2,1H3,(H,16,17). The topological polar surface area (TPSA) is 40.1 Å². The first-order valence-corrected chi connectivity index (χ1v) is 7.24. The van der Waals surface area contributed by atoms with Gasteiger partial charge in [0.25, 0.3) is 0 Å². The predicted molar refractivity (Wildman–Crippen MR) is 81.2 cm³/mol. The van der Waals surface area contributed by atoms with E-state index in [0.29, 0.717) is 0 Å². The van der Waals surface area contributed by atoms with Crippen molar-refractivity contribution in [1.29, 1.82) is 0 Å². The molecule has 0 amide bonds. The third kappa shape index (κ3) is 2.88. The number of hydrogen-bond donors (Lipinski definition) is 1. The zero-order chi connectivity index (χ0) is 13.8. The highest BCUT2D eigenvalue weighted by Crippen LogP contribution is 2.21. The fourth-order valence-electron chi connectivity index (χ4n) is 2.67. The summed E-state index contributed by atoms with van der Waals surface area (Å²) in [7, 11) is 2.08. The minimum atomic E-state index is 0.816. The maximum Gasteiger partial charge on any atom is 0.194 e. The average molecular weight is 274 g/mol. The molecule has 5 heteroatoms. The molecule has 0 bridgehead atoms. The lowest BCUT2D eigenvalue weighted by Crippen LogP contribution is -2.38. The minimum Gasteiger partial charge on any atom is -0.378 e. The molecule has 1 aromatic carbocycles. The van der Waals surface area contributed by atoms with Gasteiger partial charge in [-0.15, -0.1) is 0 Å². The summed E-state index contributed by atoms with van der Waals surface area (Å²) in [4.78, 5) is 9.04. The van der Waals surface area contributed by atoms with Crippen LogP contribution >= 0.6 is 0 Å². The molecule has 2 aliphatic heterocycles. The molecule has 1 saturated heterocycles. The molecule has 1 N–H and O–H groups in total. The number of guanidine groups is 1. The Morgan fingerprint density at radius 1 is 1.20 bits per heavy atom. The molecule has 0 aromatic heterocycles. The van der Waals surface area contributed by atoms with Crippen molar-refractivity contribution in [2.24, 2.45) is 4.99 Å². The van der Waals surface area contributed by atoms with E-state index in [1.807, 2.05) is 0 Å². The third-order valence-electron chi connectivity index (χ3n) is 3.84. The van der Waals surface area contributed by atoms with Gasteiger partial charge in [0.15, 0.2) is 5.96 Å². The van der Waals surface area contributed by atoms with E-state index in [0.717, 1.165) is 51.9 Å². The van der Waals surface area contributed by atoms with Crippen molar-refractivity contribution in [3.63, 3.8) is 0 Å². The summed E-state index contributed by atoms with van der Waals surface area (Å²) < 4.78 is 5.43. The molecule has 20 heavy (non-hydrogen) atoms. The molecule has 0 radical (unpaired) electrons. The van der Waals surface area contributed by atoms with Gasteiger partial charge in [-0.3, -0.25) is 4.99 Å². The molecule has 1 fully saturated rings. The van der Waals surface area contributed by atoms with Crippen molar-refractivity contribution < 1.29 is 4.74 Å². The SMILES string of the molecule is CN1CCN=C1NCc1ccccc1N1CCOCC1. The summed E-state index contributed by atoms with van der Waals surface area (Å²) in [5.41, 5.74) is 2.63. The number of likely N-dealkylation sites (N-methyl/N-ethyl adjacent to an activating group) is 1. The fraction of sp³-hybridized carbons (Fsp3) is 0.533. The Hall–Kier alpha value is -1.75. The first-order valence-electron chi connectivity index (χ1n) is 7.24. The summed E-state index contributed by atoms with van der Waals surface area (Å²) in [6.07, 6.45) is 0. The zero-order valence-electron chi connectivity index (χ0n) is 12.0. The van der Waals surface area contributed by atoms with Crippen molar-refractivity contribution >= 4 is 11.6 Å². The first kappa shape index (κ1) is 13.2. The van der Waals surface area contributed by atoms with Crippen LogP contribution in [0, 0.1) is 0 Å². The highest BCUT2D eigenvalue weighted by atomic mass is 16.5. The van der Waals surface area contributed by atoms with Gasteiger partial charge >= 0.3 is 0 Å². The number of nitrogens with one attached hydrogen (secondary N) is 1. The van der Waals surface area contributed by atoms with Crippen LogP contribution in [0.3, 0.4) is 0 Å². The van der Waals surface area contributed by atoms with E-state index < -0.39 is 0 Å². The van der Waals surface area contributed by atoms with E-state index >= 15 is 0 Å². The monoisotopic (exact) mass is 274 g/mol. The lowest BCUT2D eigenvalue weighted by Gasteiger charge is -2.30. The van der Waals surface area contributed by atoms with Gasteiger partial charge in [0, 0.05) is 38.9 Å². The Morgan fingerprint density at radius 2 is 2.00 bits per heavy atom. The number of aliphatic imine (C=N–C) groups is 1. The highest BCUT2D eigenvalue weighted by Gasteiger charge is 2.16. The lowest BCUT2D eigenvalue weighted by molar-refractivity contribution is 0.122. The van der Waals surface area contributed by atoms with Gasteiger partial charge in [-0.25, -0.2) is 0 Å². The van der Waals surface area contributed by atoms with Gasteiger partial charge in [-0.2, -0.15) is 0 Å². The van der Waals surface area contributed by atoms with Crippen molar-refractivity contribution in [3.05, 3.63) is 29.8 Å². The van der Waals surface area contributed by atoms with Crippen LogP contribution in [0.2, 0.25) is 0 Å². The Morgan fingerprint density at radius 3 is 2.75 bits per heavy atom. The van der Waals surface area contributed by atoms with Crippen LogP contribution < -0.4 is 10.2 Å². The molecule has 0 saturated carbocycles. The van der Waals surface area contributed by atoms with Crippen LogP contribution in [0.5, 0.6) is 0 Å². The molecule has 108 valence electrons. The van der Waals surface area contributed by atoms with E-state index in [9.17, 15) is 0 Å². The number of para-hydroxylation sites is 1. The van der Waals surface area contributed by atoms with E-state index in [4.69, 9.17) is 4.74 Å². The number of nitrogens with zero attached hydrogens (tertiary/aromatic N) is 3. The van der Waals surface area contributed by atoms with Gasteiger partial charge in [0.2, 0.25) is 0 Å². The number of hydrogen-bond acceptors (Lipinski definition) is 5. The van der Waals surface area contributed by atoms with E-state index in [2.05, 4.69) is 51.4 Å². The number of morpholine rings is 1. The minimum absolute atomic E-state index is 0.816. The maximum atomic E-state index is 5.43. The summed E-state index contributed by atoms with van der Waals surface area (Å²) in [5.74, 6) is 1.00. The van der Waals surface area contributed by atoms with Crippen LogP contribution in [-0.2, 0) is 11.3 Å². The van der Waals surface area contributed by atoms with Crippen LogP contribution in [-0.4, -0.2) is 57.3 Å². The molecule has 0 aliphatic carbocycles. The normalized spacial score (nSPS) is 19.1. The van der Waals surface area contributed by atoms with E-state index in [-0.39, 0.29) is 0 Å². The lowest BCUT2D eigenvalue weighted by atomic mass is 10.1. The Bertz CT molecular complexity index is 483. The second kappa shape index (κ2) is 6.13. The van der Waals surface area contributed by atoms with Crippen molar-refractivity contribution in [2.45, 2.75) is 6.54 Å². The van der Waals surface area contributed by atoms with Gasteiger partial charge in [-0.05, 0) is 11.6 Å². The molecule has 3 rings (SSSR count). The molecular weight excluding hydrogens is 252 g/mol. The summed E-state index contributed by atoms with van der Waals surface area (Å²) >= 11 is 0. The predicted octanol–water partition coefficient (Wildman–Crippen LogP) is 0.914. The molecule has 0 unspecified atom stereocenters. The molecular formula is C15H22N4O. The second-order valence-corrected chi connectivity index (χ2v) is 5.21. The van der Waals surface area contributed by atoms with Gasteiger partial charge in [0.05, 0.1) is 19.8 Å². The van der Waals surface area contributed by atoms with Gasteiger partial charge < -0.3 is 19.9 Å². The Kier molecular flexibility index (Phi) is 4.06. The van der Waals surface area contributed by atoms with Crippen molar-refractivity contribution in [2.75, 3.05) is 51.3 Å². The van der Waals surface area contributed by atoms with Crippen LogP contribution in [0.15, 0.2) is 29.3 Å². The smallest absolute Gasteiger partial charge is 0.194 e.